The van der Waals surface area contributed by atoms with E-state index >= 15 is 0 Å². The predicted molar refractivity (Wildman–Crippen MR) is 101 cm³/mol. The third-order valence-corrected chi connectivity index (χ3v) is 14.3. The van der Waals surface area contributed by atoms with E-state index in [0.717, 1.165) is 0 Å². The molecule has 1 aliphatic carbocycles. The van der Waals surface area contributed by atoms with Crippen LogP contribution in [0.1, 0.15) is 23.1 Å². The molecule has 0 radical (unpaired) electrons. The van der Waals surface area contributed by atoms with E-state index < -0.39 is 21.4 Å². The van der Waals surface area contributed by atoms with Crippen molar-refractivity contribution in [3.05, 3.63) is 89.5 Å². The van der Waals surface area contributed by atoms with Crippen molar-refractivity contribution in [3.8, 4) is 0 Å². The minimum absolute atomic E-state index is 0.344. The van der Waals surface area contributed by atoms with Crippen molar-refractivity contribution < 1.29 is 21.4 Å². The number of hydrogen-bond donors (Lipinski definition) is 0. The van der Waals surface area contributed by atoms with Crippen molar-refractivity contribution in [2.75, 3.05) is 0 Å². The van der Waals surface area contributed by atoms with Gasteiger partial charge in [-0.1, -0.05) is 0 Å². The van der Waals surface area contributed by atoms with Gasteiger partial charge in [0.25, 0.3) is 0 Å². The average molecular weight is 478 g/mol. The Hall–Kier alpha value is -1.47. The third kappa shape index (κ3) is 2.63. The zero-order chi connectivity index (χ0) is 16.6. The zero-order valence-electron chi connectivity index (χ0n) is 14.4. The van der Waals surface area contributed by atoms with E-state index in [0.29, 0.717) is 3.17 Å². The first-order valence-electron chi connectivity index (χ1n) is 8.77. The number of aryl methyl sites for hydroxylation is 1. The Morgan fingerprint density at radius 3 is 2.38 bits per heavy atom. The van der Waals surface area contributed by atoms with Crippen LogP contribution in [-0.2, 0) is 31.0 Å². The molecule has 0 fully saturated rings. The number of hydrogen-bond acceptors (Lipinski definition) is 0. The first kappa shape index (κ1) is 16.0. The Morgan fingerprint density at radius 2 is 1.58 bits per heavy atom. The average Bonchev–Trinajstić information content (AvgIpc) is 3.01. The van der Waals surface area contributed by atoms with Crippen molar-refractivity contribution in [1.82, 2.24) is 0 Å². The van der Waals surface area contributed by atoms with E-state index in [9.17, 15) is 0 Å². The summed E-state index contributed by atoms with van der Waals surface area (Å²) in [5.41, 5.74) is 4.54. The molecule has 0 amide bonds. The molecule has 1 atom stereocenters. The van der Waals surface area contributed by atoms with Crippen LogP contribution in [0.25, 0.3) is 16.8 Å². The summed E-state index contributed by atoms with van der Waals surface area (Å²) in [6.07, 6.45) is 7.38. The number of benzene rings is 3. The molecule has 0 saturated carbocycles. The molecule has 1 unspecified atom stereocenters. The summed E-state index contributed by atoms with van der Waals surface area (Å²) < 4.78 is 5.50. The Morgan fingerprint density at radius 1 is 0.833 bits per heavy atom. The number of allylic oxidation sites excluding steroid dienone is 1. The molecule has 0 spiro atoms. The van der Waals surface area contributed by atoms with Crippen LogP contribution in [0.2, 0.25) is 9.36 Å². The quantitative estimate of drug-likeness (QED) is 0.381. The number of rotatable bonds is 4. The second-order valence-electron chi connectivity index (χ2n) is 7.04. The van der Waals surface area contributed by atoms with Crippen LogP contribution >= 0.6 is 0 Å². The normalized spacial score (nSPS) is 18.8. The Balaban J connectivity index is 1.81. The van der Waals surface area contributed by atoms with Gasteiger partial charge in [0.15, 0.2) is 0 Å². The van der Waals surface area contributed by atoms with Gasteiger partial charge < -0.3 is 0 Å². The predicted octanol–water partition coefficient (Wildman–Crippen LogP) is 6.41. The van der Waals surface area contributed by atoms with Crippen molar-refractivity contribution in [2.45, 2.75) is 25.4 Å². The van der Waals surface area contributed by atoms with Crippen LogP contribution in [0, 0.1) is 0 Å². The van der Waals surface area contributed by atoms with Crippen LogP contribution < -0.4 is 0 Å². The molecule has 4 rings (SSSR count). The molecule has 24 heavy (non-hydrogen) atoms. The van der Waals surface area contributed by atoms with Gasteiger partial charge in [0, 0.05) is 0 Å². The summed E-state index contributed by atoms with van der Waals surface area (Å²) >= 11 is -1.73. The summed E-state index contributed by atoms with van der Waals surface area (Å²) in [5, 5.41) is 2.86. The van der Waals surface area contributed by atoms with Gasteiger partial charge in [-0.25, -0.2) is 0 Å². The maximum absolute atomic E-state index is 2.58. The minimum atomic E-state index is -1.73. The van der Waals surface area contributed by atoms with Crippen molar-refractivity contribution >= 4 is 16.8 Å². The molecule has 119 valence electrons. The monoisotopic (exact) mass is 479 g/mol. The molecular formula is C23H23Hf. The Labute approximate surface area is 152 Å². The SMILES string of the molecule is [CH3][Hf]([CH3])[C]1(CCc2ccccc2)C=Cc2ccc3ccccc3c21. The first-order valence-corrected chi connectivity index (χ1v) is 17.7. The molecule has 0 bridgehead atoms. The van der Waals surface area contributed by atoms with Crippen LogP contribution in [0.15, 0.2) is 72.8 Å². The number of fused-ring (bicyclic) bond motifs is 3. The molecule has 1 heteroatoms. The van der Waals surface area contributed by atoms with Gasteiger partial charge in [-0.15, -0.1) is 0 Å². The molecule has 1 aliphatic rings. The van der Waals surface area contributed by atoms with Crippen LogP contribution in [0.3, 0.4) is 0 Å². The fourth-order valence-corrected chi connectivity index (χ4v) is 10.6. The summed E-state index contributed by atoms with van der Waals surface area (Å²) in [7, 11) is 0. The summed E-state index contributed by atoms with van der Waals surface area (Å²) in [4.78, 5) is 0. The summed E-state index contributed by atoms with van der Waals surface area (Å²) in [6.45, 7) is 0. The van der Waals surface area contributed by atoms with Gasteiger partial charge >= 0.3 is 153 Å². The molecule has 0 aliphatic heterocycles. The summed E-state index contributed by atoms with van der Waals surface area (Å²) in [5.74, 6) is 0. The molecule has 0 aromatic heterocycles. The summed E-state index contributed by atoms with van der Waals surface area (Å²) in [6, 6.07) is 24.5. The molecular weight excluding hydrogens is 455 g/mol. The fraction of sp³-hybridized carbons (Fsp3) is 0.217. The molecule has 3 aromatic carbocycles. The molecule has 3 aromatic rings. The first-order chi connectivity index (χ1) is 11.7. The van der Waals surface area contributed by atoms with Crippen molar-refractivity contribution in [2.24, 2.45) is 0 Å². The molecule has 0 heterocycles. The fourth-order valence-electron chi connectivity index (χ4n) is 4.10. The second-order valence-corrected chi connectivity index (χ2v) is 17.4. The van der Waals surface area contributed by atoms with E-state index in [1.54, 1.807) is 5.56 Å². The van der Waals surface area contributed by atoms with Crippen molar-refractivity contribution in [1.29, 1.82) is 0 Å². The van der Waals surface area contributed by atoms with E-state index in [1.165, 1.54) is 34.7 Å². The standard InChI is InChI=1S/C21H17.2CH3.Hf/c1-2-6-16(7-3-1)10-11-18-14-15-19-13-12-17-8-4-5-9-20(17)21(18)19;;;/h1-9,12-15H,10-11H2;2*1H3;. The van der Waals surface area contributed by atoms with Gasteiger partial charge in [0.05, 0.1) is 0 Å². The second kappa shape index (κ2) is 6.44. The Bertz CT molecular complexity index is 892. The van der Waals surface area contributed by atoms with Gasteiger partial charge in [-0.2, -0.15) is 0 Å². The molecule has 0 N–H and O–H groups in total. The van der Waals surface area contributed by atoms with Gasteiger partial charge in [-0.05, 0) is 0 Å². The Kier molecular flexibility index (Phi) is 4.30. The zero-order valence-corrected chi connectivity index (χ0v) is 18.0. The van der Waals surface area contributed by atoms with Crippen molar-refractivity contribution in [3.63, 3.8) is 0 Å². The van der Waals surface area contributed by atoms with E-state index in [-0.39, 0.29) is 0 Å². The van der Waals surface area contributed by atoms with Crippen LogP contribution in [0.4, 0.5) is 0 Å². The molecule has 0 nitrogen and oxygen atoms in total. The third-order valence-electron chi connectivity index (χ3n) is 5.50. The van der Waals surface area contributed by atoms with E-state index in [4.69, 9.17) is 0 Å². The van der Waals surface area contributed by atoms with Crippen LogP contribution in [-0.4, -0.2) is 0 Å². The van der Waals surface area contributed by atoms with E-state index in [1.807, 2.05) is 0 Å². The van der Waals surface area contributed by atoms with Crippen LogP contribution in [0.5, 0.6) is 0 Å². The van der Waals surface area contributed by atoms with Gasteiger partial charge in [0.2, 0.25) is 0 Å². The maximum atomic E-state index is 2.58. The van der Waals surface area contributed by atoms with Gasteiger partial charge in [-0.3, -0.25) is 0 Å². The van der Waals surface area contributed by atoms with Gasteiger partial charge in [0.1, 0.15) is 0 Å². The molecule has 0 saturated heterocycles. The topological polar surface area (TPSA) is 0 Å². The van der Waals surface area contributed by atoms with E-state index in [2.05, 4.69) is 88.2 Å².